The van der Waals surface area contributed by atoms with Crippen molar-refractivity contribution in [3.05, 3.63) is 0 Å². The van der Waals surface area contributed by atoms with Crippen molar-refractivity contribution in [2.75, 3.05) is 26.9 Å². The molecule has 1 fully saturated rings. The molecule has 1 rings (SSSR count). The zero-order chi connectivity index (χ0) is 10.6. The van der Waals surface area contributed by atoms with Crippen LogP contribution in [0.5, 0.6) is 0 Å². The van der Waals surface area contributed by atoms with E-state index >= 15 is 0 Å². The molecule has 0 bridgehead atoms. The summed E-state index contributed by atoms with van der Waals surface area (Å²) in [6.07, 6.45) is 1.94. The number of ether oxygens (including phenoxy) is 1. The first kappa shape index (κ1) is 11.9. The summed E-state index contributed by atoms with van der Waals surface area (Å²) in [5.74, 6) is 0. The molecule has 0 saturated carbocycles. The minimum absolute atomic E-state index is 0.0469. The van der Waals surface area contributed by atoms with Gasteiger partial charge in [-0.25, -0.2) is 0 Å². The maximum atomic E-state index is 9.30. The van der Waals surface area contributed by atoms with Crippen molar-refractivity contribution in [3.8, 4) is 0 Å². The number of nitrogens with zero attached hydrogens (tertiary/aromatic N) is 1. The highest BCUT2D eigenvalue weighted by molar-refractivity contribution is 4.84. The number of aliphatic hydroxyl groups is 1. The Hall–Kier alpha value is -0.160. The van der Waals surface area contributed by atoms with Gasteiger partial charge in [0.1, 0.15) is 0 Å². The van der Waals surface area contributed by atoms with Gasteiger partial charge in [0.2, 0.25) is 0 Å². The molecule has 3 atom stereocenters. The molecule has 84 valence electrons. The van der Waals surface area contributed by atoms with Crippen LogP contribution in [-0.4, -0.2) is 55.0 Å². The Morgan fingerprint density at radius 2 is 2.36 bits per heavy atom. The Morgan fingerprint density at radius 1 is 1.64 bits per heavy atom. The fourth-order valence-corrected chi connectivity index (χ4v) is 1.95. The van der Waals surface area contributed by atoms with E-state index in [1.807, 2.05) is 14.0 Å². The summed E-state index contributed by atoms with van der Waals surface area (Å²) in [6.45, 7) is 3.77. The van der Waals surface area contributed by atoms with E-state index in [0.29, 0.717) is 6.04 Å². The van der Waals surface area contributed by atoms with Crippen LogP contribution in [-0.2, 0) is 4.74 Å². The maximum absolute atomic E-state index is 9.30. The molecule has 4 heteroatoms. The lowest BCUT2D eigenvalue weighted by molar-refractivity contribution is 0.0794. The third-order valence-electron chi connectivity index (χ3n) is 3.16. The predicted octanol–water partition coefficient (Wildman–Crippen LogP) is -0.195. The predicted molar refractivity (Wildman–Crippen MR) is 56.1 cm³/mol. The molecule has 3 unspecified atom stereocenters. The Bertz CT molecular complexity index is 160. The van der Waals surface area contributed by atoms with E-state index < -0.39 is 0 Å². The quantitative estimate of drug-likeness (QED) is 0.648. The van der Waals surface area contributed by atoms with Gasteiger partial charge in [0.25, 0.3) is 0 Å². The number of rotatable bonds is 5. The van der Waals surface area contributed by atoms with E-state index in [1.165, 1.54) is 0 Å². The standard InChI is InChI=1S/C10H22N2O2/c1-3-9(11)10(6-13)12(2)8-4-5-14-7-8/h8-10,13H,3-7,11H2,1-2H3. The molecule has 4 nitrogen and oxygen atoms in total. The molecule has 0 radical (unpaired) electrons. The van der Waals surface area contributed by atoms with Crippen LogP contribution >= 0.6 is 0 Å². The maximum Gasteiger partial charge on any atom is 0.0622 e. The number of nitrogens with two attached hydrogens (primary N) is 1. The molecule has 0 aromatic rings. The summed E-state index contributed by atoms with van der Waals surface area (Å²) in [6, 6.07) is 0.530. The topological polar surface area (TPSA) is 58.7 Å². The first-order valence-corrected chi connectivity index (χ1v) is 5.36. The molecule has 0 aromatic heterocycles. The first-order chi connectivity index (χ1) is 6.70. The van der Waals surface area contributed by atoms with Crippen LogP contribution in [0.1, 0.15) is 19.8 Å². The Kier molecular flexibility index (Phi) is 4.81. The van der Waals surface area contributed by atoms with Crippen LogP contribution < -0.4 is 5.73 Å². The summed E-state index contributed by atoms with van der Waals surface area (Å²) >= 11 is 0. The SMILES string of the molecule is CCC(N)C(CO)N(C)C1CCOC1. The lowest BCUT2D eigenvalue weighted by atomic mass is 10.0. The second-order valence-electron chi connectivity index (χ2n) is 4.00. The van der Waals surface area contributed by atoms with E-state index in [9.17, 15) is 5.11 Å². The van der Waals surface area contributed by atoms with Gasteiger partial charge in [-0.2, -0.15) is 0 Å². The largest absolute Gasteiger partial charge is 0.395 e. The highest BCUT2D eigenvalue weighted by Crippen LogP contribution is 2.15. The van der Waals surface area contributed by atoms with Crippen molar-refractivity contribution in [3.63, 3.8) is 0 Å². The van der Waals surface area contributed by atoms with Crippen molar-refractivity contribution >= 4 is 0 Å². The van der Waals surface area contributed by atoms with Crippen LogP contribution in [0, 0.1) is 0 Å². The van der Waals surface area contributed by atoms with E-state index in [1.54, 1.807) is 0 Å². The molecule has 1 aliphatic heterocycles. The van der Waals surface area contributed by atoms with Gasteiger partial charge in [-0.15, -0.1) is 0 Å². The normalized spacial score (nSPS) is 26.8. The molecule has 0 aliphatic carbocycles. The minimum Gasteiger partial charge on any atom is -0.395 e. The van der Waals surface area contributed by atoms with E-state index in [0.717, 1.165) is 26.1 Å². The van der Waals surface area contributed by atoms with E-state index in [4.69, 9.17) is 10.5 Å². The Balaban J connectivity index is 2.49. The van der Waals surface area contributed by atoms with Crippen molar-refractivity contribution < 1.29 is 9.84 Å². The third-order valence-corrected chi connectivity index (χ3v) is 3.16. The Morgan fingerprint density at radius 3 is 2.79 bits per heavy atom. The van der Waals surface area contributed by atoms with Gasteiger partial charge < -0.3 is 15.6 Å². The van der Waals surface area contributed by atoms with Gasteiger partial charge in [-0.1, -0.05) is 6.92 Å². The van der Waals surface area contributed by atoms with Crippen molar-refractivity contribution in [1.82, 2.24) is 4.90 Å². The molecule has 0 aromatic carbocycles. The average molecular weight is 202 g/mol. The number of hydrogen-bond acceptors (Lipinski definition) is 4. The van der Waals surface area contributed by atoms with E-state index in [2.05, 4.69) is 4.90 Å². The number of hydrogen-bond donors (Lipinski definition) is 2. The average Bonchev–Trinajstić information content (AvgIpc) is 2.71. The molecule has 14 heavy (non-hydrogen) atoms. The third kappa shape index (κ3) is 2.67. The smallest absolute Gasteiger partial charge is 0.0622 e. The van der Waals surface area contributed by atoms with Crippen LogP contribution in [0.3, 0.4) is 0 Å². The highest BCUT2D eigenvalue weighted by Gasteiger charge is 2.28. The second kappa shape index (κ2) is 5.66. The van der Waals surface area contributed by atoms with Crippen LogP contribution in [0.4, 0.5) is 0 Å². The van der Waals surface area contributed by atoms with Gasteiger partial charge in [-0.3, -0.25) is 4.90 Å². The highest BCUT2D eigenvalue weighted by atomic mass is 16.5. The fraction of sp³-hybridized carbons (Fsp3) is 1.00. The zero-order valence-electron chi connectivity index (χ0n) is 9.15. The summed E-state index contributed by atoms with van der Waals surface area (Å²) in [4.78, 5) is 2.17. The van der Waals surface area contributed by atoms with Gasteiger partial charge >= 0.3 is 0 Å². The number of likely N-dealkylation sites (N-methyl/N-ethyl adjacent to an activating group) is 1. The lowest BCUT2D eigenvalue weighted by Gasteiger charge is -2.34. The van der Waals surface area contributed by atoms with Crippen LogP contribution in [0.25, 0.3) is 0 Å². The monoisotopic (exact) mass is 202 g/mol. The summed E-state index contributed by atoms with van der Waals surface area (Å²) < 4.78 is 5.32. The van der Waals surface area contributed by atoms with Crippen molar-refractivity contribution in [2.24, 2.45) is 5.73 Å². The molecule has 0 spiro atoms. The molecule has 1 aliphatic rings. The molecule has 1 heterocycles. The molecule has 1 saturated heterocycles. The molecule has 0 amide bonds. The summed E-state index contributed by atoms with van der Waals surface area (Å²) in [7, 11) is 2.02. The lowest BCUT2D eigenvalue weighted by Crippen LogP contribution is -2.52. The van der Waals surface area contributed by atoms with Crippen molar-refractivity contribution in [1.29, 1.82) is 0 Å². The van der Waals surface area contributed by atoms with Gasteiger partial charge in [0.15, 0.2) is 0 Å². The van der Waals surface area contributed by atoms with Crippen LogP contribution in [0.15, 0.2) is 0 Å². The number of aliphatic hydroxyl groups excluding tert-OH is 1. The Labute approximate surface area is 86.0 Å². The zero-order valence-corrected chi connectivity index (χ0v) is 9.15. The molecular weight excluding hydrogens is 180 g/mol. The van der Waals surface area contributed by atoms with Gasteiger partial charge in [-0.05, 0) is 19.9 Å². The van der Waals surface area contributed by atoms with Gasteiger partial charge in [0.05, 0.1) is 13.2 Å². The minimum atomic E-state index is 0.0469. The van der Waals surface area contributed by atoms with Gasteiger partial charge in [0, 0.05) is 24.7 Å². The summed E-state index contributed by atoms with van der Waals surface area (Å²) in [5.41, 5.74) is 5.95. The first-order valence-electron chi connectivity index (χ1n) is 5.36. The second-order valence-corrected chi connectivity index (χ2v) is 4.00. The molecule has 3 N–H and O–H groups in total. The molecular formula is C10H22N2O2. The summed E-state index contributed by atoms with van der Waals surface area (Å²) in [5, 5.41) is 9.30. The van der Waals surface area contributed by atoms with Crippen molar-refractivity contribution in [2.45, 2.75) is 37.9 Å². The fourth-order valence-electron chi connectivity index (χ4n) is 1.95. The van der Waals surface area contributed by atoms with Crippen LogP contribution in [0.2, 0.25) is 0 Å². The van der Waals surface area contributed by atoms with E-state index in [-0.39, 0.29) is 18.7 Å².